The van der Waals surface area contributed by atoms with Crippen LogP contribution in [0.2, 0.25) is 0 Å². The fourth-order valence-corrected chi connectivity index (χ4v) is 2.47. The molecule has 2 heterocycles. The van der Waals surface area contributed by atoms with Gasteiger partial charge in [-0.1, -0.05) is 6.92 Å². The largest absolute Gasteiger partial charge is 0.364 e. The standard InChI is InChI=1S/C12H19N5O/c1-8-2-5-17(9(6-8)7-13)12-10(11(14)18)15-3-4-16-12/h3-4,8-9H,2,5-7,13H2,1H3,(H2,14,18). The Morgan fingerprint density at radius 1 is 1.50 bits per heavy atom. The number of hydrogen-bond acceptors (Lipinski definition) is 5. The quantitative estimate of drug-likeness (QED) is 0.794. The molecule has 2 atom stereocenters. The lowest BCUT2D eigenvalue weighted by Crippen LogP contribution is -2.47. The van der Waals surface area contributed by atoms with Crippen molar-refractivity contribution in [1.82, 2.24) is 9.97 Å². The molecule has 0 aromatic carbocycles. The summed E-state index contributed by atoms with van der Waals surface area (Å²) in [6, 6.07) is 0.198. The topological polar surface area (TPSA) is 98.1 Å². The van der Waals surface area contributed by atoms with Crippen molar-refractivity contribution in [3.05, 3.63) is 18.1 Å². The lowest BCUT2D eigenvalue weighted by atomic mass is 9.92. The van der Waals surface area contributed by atoms with Gasteiger partial charge in [-0.15, -0.1) is 0 Å². The van der Waals surface area contributed by atoms with Crippen LogP contribution < -0.4 is 16.4 Å². The molecule has 0 spiro atoms. The molecule has 0 bridgehead atoms. The molecule has 2 unspecified atom stereocenters. The van der Waals surface area contributed by atoms with E-state index in [1.165, 1.54) is 6.20 Å². The molecule has 4 N–H and O–H groups in total. The SMILES string of the molecule is CC1CCN(c2nccnc2C(N)=O)C(CN)C1. The van der Waals surface area contributed by atoms with Crippen molar-refractivity contribution in [2.45, 2.75) is 25.8 Å². The van der Waals surface area contributed by atoms with E-state index in [1.54, 1.807) is 6.20 Å². The molecule has 0 aliphatic carbocycles. The van der Waals surface area contributed by atoms with E-state index in [1.807, 2.05) is 0 Å². The average molecular weight is 249 g/mol. The second-order valence-corrected chi connectivity index (χ2v) is 4.81. The molecule has 1 aliphatic heterocycles. The first-order valence-electron chi connectivity index (χ1n) is 6.21. The number of amides is 1. The summed E-state index contributed by atoms with van der Waals surface area (Å²) in [4.78, 5) is 21.7. The molecule has 0 saturated carbocycles. The highest BCUT2D eigenvalue weighted by molar-refractivity contribution is 5.95. The predicted molar refractivity (Wildman–Crippen MR) is 69.1 cm³/mol. The third-order valence-electron chi connectivity index (χ3n) is 3.43. The van der Waals surface area contributed by atoms with E-state index in [2.05, 4.69) is 21.8 Å². The molecule has 18 heavy (non-hydrogen) atoms. The van der Waals surface area contributed by atoms with Crippen LogP contribution in [0.4, 0.5) is 5.82 Å². The molecular formula is C12H19N5O. The Kier molecular flexibility index (Phi) is 3.76. The summed E-state index contributed by atoms with van der Waals surface area (Å²) < 4.78 is 0. The highest BCUT2D eigenvalue weighted by atomic mass is 16.1. The minimum atomic E-state index is -0.549. The number of aromatic nitrogens is 2. The van der Waals surface area contributed by atoms with Gasteiger partial charge in [0.15, 0.2) is 11.5 Å². The monoisotopic (exact) mass is 249 g/mol. The van der Waals surface area contributed by atoms with Crippen LogP contribution >= 0.6 is 0 Å². The molecule has 2 rings (SSSR count). The molecule has 6 nitrogen and oxygen atoms in total. The summed E-state index contributed by atoms with van der Waals surface area (Å²) >= 11 is 0. The van der Waals surface area contributed by atoms with E-state index in [0.29, 0.717) is 18.3 Å². The zero-order chi connectivity index (χ0) is 13.1. The van der Waals surface area contributed by atoms with Crippen molar-refractivity contribution in [2.75, 3.05) is 18.0 Å². The molecular weight excluding hydrogens is 230 g/mol. The van der Waals surface area contributed by atoms with E-state index in [0.717, 1.165) is 19.4 Å². The van der Waals surface area contributed by atoms with Gasteiger partial charge in [-0.2, -0.15) is 0 Å². The number of rotatable bonds is 3. The Morgan fingerprint density at radius 2 is 2.22 bits per heavy atom. The molecule has 1 fully saturated rings. The van der Waals surface area contributed by atoms with Crippen LogP contribution in [-0.4, -0.2) is 35.0 Å². The summed E-state index contributed by atoms with van der Waals surface area (Å²) in [6.45, 7) is 3.59. The first-order valence-corrected chi connectivity index (χ1v) is 6.21. The van der Waals surface area contributed by atoms with Crippen molar-refractivity contribution < 1.29 is 4.79 Å². The van der Waals surface area contributed by atoms with Gasteiger partial charge in [-0.25, -0.2) is 9.97 Å². The molecule has 0 radical (unpaired) electrons. The maximum Gasteiger partial charge on any atom is 0.271 e. The van der Waals surface area contributed by atoms with E-state index in [4.69, 9.17) is 11.5 Å². The van der Waals surface area contributed by atoms with Crippen LogP contribution in [0.5, 0.6) is 0 Å². The highest BCUT2D eigenvalue weighted by Crippen LogP contribution is 2.27. The Hall–Kier alpha value is -1.69. The number of anilines is 1. The highest BCUT2D eigenvalue weighted by Gasteiger charge is 2.29. The second-order valence-electron chi connectivity index (χ2n) is 4.81. The van der Waals surface area contributed by atoms with Gasteiger partial charge < -0.3 is 16.4 Å². The summed E-state index contributed by atoms with van der Waals surface area (Å²) in [5.74, 6) is 0.656. The minimum absolute atomic E-state index is 0.198. The second kappa shape index (κ2) is 5.30. The van der Waals surface area contributed by atoms with E-state index in [9.17, 15) is 4.79 Å². The first kappa shape index (κ1) is 12.8. The zero-order valence-corrected chi connectivity index (χ0v) is 10.5. The molecule has 1 saturated heterocycles. The van der Waals surface area contributed by atoms with E-state index in [-0.39, 0.29) is 11.7 Å². The minimum Gasteiger partial charge on any atom is -0.364 e. The van der Waals surface area contributed by atoms with Gasteiger partial charge in [0.1, 0.15) is 0 Å². The third-order valence-corrected chi connectivity index (χ3v) is 3.43. The molecule has 1 aromatic heterocycles. The maximum atomic E-state index is 11.4. The van der Waals surface area contributed by atoms with Gasteiger partial charge in [0.05, 0.1) is 0 Å². The fourth-order valence-electron chi connectivity index (χ4n) is 2.47. The summed E-state index contributed by atoms with van der Waals surface area (Å²) in [7, 11) is 0. The zero-order valence-electron chi connectivity index (χ0n) is 10.5. The van der Waals surface area contributed by atoms with Crippen LogP contribution in [0.1, 0.15) is 30.3 Å². The van der Waals surface area contributed by atoms with Gasteiger partial charge in [0.2, 0.25) is 0 Å². The van der Waals surface area contributed by atoms with E-state index >= 15 is 0 Å². The van der Waals surface area contributed by atoms with E-state index < -0.39 is 5.91 Å². The Bertz CT molecular complexity index is 436. The average Bonchev–Trinajstić information content (AvgIpc) is 2.38. The van der Waals surface area contributed by atoms with Crippen LogP contribution in [0.25, 0.3) is 0 Å². The summed E-state index contributed by atoms with van der Waals surface area (Å²) in [5.41, 5.74) is 11.4. The molecule has 1 amide bonds. The van der Waals surface area contributed by atoms with Crippen molar-refractivity contribution in [2.24, 2.45) is 17.4 Å². The number of carbonyl (C=O) groups excluding carboxylic acids is 1. The first-order chi connectivity index (χ1) is 8.63. The summed E-state index contributed by atoms with van der Waals surface area (Å²) in [5, 5.41) is 0. The van der Waals surface area contributed by atoms with Crippen molar-refractivity contribution in [1.29, 1.82) is 0 Å². The maximum absolute atomic E-state index is 11.4. The van der Waals surface area contributed by atoms with Crippen LogP contribution in [-0.2, 0) is 0 Å². The van der Waals surface area contributed by atoms with Gasteiger partial charge in [-0.3, -0.25) is 4.79 Å². The number of nitrogens with two attached hydrogens (primary N) is 2. The Balaban J connectivity index is 2.32. The lowest BCUT2D eigenvalue weighted by molar-refractivity contribution is 0.0995. The predicted octanol–water partition coefficient (Wildman–Crippen LogP) is 0.139. The number of piperidine rings is 1. The molecule has 98 valence electrons. The number of primary amides is 1. The van der Waals surface area contributed by atoms with Crippen LogP contribution in [0.15, 0.2) is 12.4 Å². The number of nitrogens with zero attached hydrogens (tertiary/aromatic N) is 3. The third kappa shape index (κ3) is 2.43. The Morgan fingerprint density at radius 3 is 2.89 bits per heavy atom. The van der Waals surface area contributed by atoms with Gasteiger partial charge >= 0.3 is 0 Å². The smallest absolute Gasteiger partial charge is 0.271 e. The van der Waals surface area contributed by atoms with Gasteiger partial charge in [0.25, 0.3) is 5.91 Å². The van der Waals surface area contributed by atoms with Crippen molar-refractivity contribution >= 4 is 11.7 Å². The molecule has 1 aliphatic rings. The fraction of sp³-hybridized carbons (Fsp3) is 0.583. The van der Waals surface area contributed by atoms with Crippen molar-refractivity contribution in [3.8, 4) is 0 Å². The molecule has 6 heteroatoms. The summed E-state index contributed by atoms with van der Waals surface area (Å²) in [6.07, 6.45) is 5.12. The van der Waals surface area contributed by atoms with Gasteiger partial charge in [-0.05, 0) is 18.8 Å². The normalized spacial score (nSPS) is 24.0. The Labute approximate surface area is 106 Å². The lowest BCUT2D eigenvalue weighted by Gasteiger charge is -2.39. The number of carbonyl (C=O) groups is 1. The van der Waals surface area contributed by atoms with Crippen LogP contribution in [0, 0.1) is 5.92 Å². The van der Waals surface area contributed by atoms with Crippen molar-refractivity contribution in [3.63, 3.8) is 0 Å². The van der Waals surface area contributed by atoms with Crippen LogP contribution in [0.3, 0.4) is 0 Å². The van der Waals surface area contributed by atoms with Gasteiger partial charge in [0, 0.05) is 31.5 Å². The molecule has 1 aromatic rings. The number of hydrogen-bond donors (Lipinski definition) is 2.